The van der Waals surface area contributed by atoms with Gasteiger partial charge in [0.2, 0.25) is 5.91 Å². The molecule has 1 unspecified atom stereocenters. The number of halogens is 6. The number of ether oxygens (including phenoxy) is 2. The van der Waals surface area contributed by atoms with Gasteiger partial charge in [0.15, 0.2) is 0 Å². The summed E-state index contributed by atoms with van der Waals surface area (Å²) in [6.45, 7) is 3.52. The van der Waals surface area contributed by atoms with Crippen molar-refractivity contribution in [3.05, 3.63) is 70.8 Å². The lowest BCUT2D eigenvalue weighted by Crippen LogP contribution is -2.75. The molecule has 11 heteroatoms. The molecule has 2 aromatic carbocycles. The first-order chi connectivity index (χ1) is 17.8. The van der Waals surface area contributed by atoms with E-state index in [-0.39, 0.29) is 30.7 Å². The van der Waals surface area contributed by atoms with Crippen molar-refractivity contribution in [2.75, 3.05) is 39.5 Å². The van der Waals surface area contributed by atoms with E-state index in [1.165, 1.54) is 6.92 Å². The number of hydrogen-bond acceptors (Lipinski definition) is 4. The van der Waals surface area contributed by atoms with E-state index >= 15 is 0 Å². The average molecular weight is 543 g/mol. The molecule has 1 amide bonds. The number of piperidine rings is 1. The van der Waals surface area contributed by atoms with Crippen LogP contribution < -0.4 is 0 Å². The van der Waals surface area contributed by atoms with Crippen LogP contribution in [0.5, 0.6) is 0 Å². The van der Waals surface area contributed by atoms with E-state index in [1.807, 2.05) is 40.1 Å². The van der Waals surface area contributed by atoms with E-state index < -0.39 is 40.7 Å². The summed E-state index contributed by atoms with van der Waals surface area (Å²) in [6.07, 6.45) is -9.75. The highest BCUT2D eigenvalue weighted by molar-refractivity contribution is 5.80. The number of hydrogen-bond donors (Lipinski definition) is 0. The number of benzene rings is 2. The number of nitrogens with zero attached hydrogens (tertiary/aromatic N) is 2. The highest BCUT2D eigenvalue weighted by Crippen LogP contribution is 2.47. The smallest absolute Gasteiger partial charge is 0.377 e. The fourth-order valence-corrected chi connectivity index (χ4v) is 5.99. The van der Waals surface area contributed by atoms with Gasteiger partial charge in [0.1, 0.15) is 0 Å². The molecule has 5 rings (SSSR count). The van der Waals surface area contributed by atoms with Gasteiger partial charge in [-0.3, -0.25) is 9.69 Å². The van der Waals surface area contributed by atoms with E-state index in [0.29, 0.717) is 51.3 Å². The molecule has 0 N–H and O–H groups in total. The van der Waals surface area contributed by atoms with Crippen molar-refractivity contribution in [3.8, 4) is 0 Å². The van der Waals surface area contributed by atoms with E-state index in [9.17, 15) is 31.1 Å². The molecule has 3 heterocycles. The van der Waals surface area contributed by atoms with E-state index in [0.717, 1.165) is 5.56 Å². The molecule has 2 bridgehead atoms. The maximum absolute atomic E-state index is 13.4. The van der Waals surface area contributed by atoms with Crippen LogP contribution in [0.15, 0.2) is 48.5 Å². The summed E-state index contributed by atoms with van der Waals surface area (Å²) in [5.41, 5.74) is -3.35. The summed E-state index contributed by atoms with van der Waals surface area (Å²) < 4.78 is 92.3. The fourth-order valence-electron chi connectivity index (χ4n) is 5.99. The van der Waals surface area contributed by atoms with Crippen LogP contribution in [0.1, 0.15) is 48.1 Å². The van der Waals surface area contributed by atoms with Crippen LogP contribution in [0, 0.1) is 0 Å². The number of morpholine rings is 1. The van der Waals surface area contributed by atoms with Gasteiger partial charge < -0.3 is 14.4 Å². The lowest BCUT2D eigenvalue weighted by atomic mass is 9.72. The predicted molar refractivity (Wildman–Crippen MR) is 125 cm³/mol. The van der Waals surface area contributed by atoms with Gasteiger partial charge in [0.05, 0.1) is 54.7 Å². The predicted octanol–water partition coefficient (Wildman–Crippen LogP) is 5.40. The Morgan fingerprint density at radius 2 is 1.66 bits per heavy atom. The zero-order valence-electron chi connectivity index (χ0n) is 20.7. The van der Waals surface area contributed by atoms with Crippen molar-refractivity contribution < 1.29 is 40.6 Å². The summed E-state index contributed by atoms with van der Waals surface area (Å²) in [7, 11) is 0. The number of amides is 1. The normalized spacial score (nSPS) is 28.7. The van der Waals surface area contributed by atoms with Crippen LogP contribution in [0.2, 0.25) is 0 Å². The molecule has 3 aliphatic heterocycles. The monoisotopic (exact) mass is 542 g/mol. The Kier molecular flexibility index (Phi) is 6.76. The van der Waals surface area contributed by atoms with Gasteiger partial charge in [0, 0.05) is 13.1 Å². The standard InChI is InChI=1S/C27H28F6N2O3/c1-18(19-11-21(26(28,29)30)13-22(12-19)27(31,32)33)38-17-25(20-5-3-2-4-6-20)8-7-24-15-34(25)14-23(36)35(24)9-10-37-16-24/h2-6,11-13,18H,7-10,14-17H2,1H3/t18-,24-,25-/m1/s1. The maximum Gasteiger partial charge on any atom is 0.416 e. The van der Waals surface area contributed by atoms with E-state index in [1.54, 1.807) is 0 Å². The van der Waals surface area contributed by atoms with Crippen LogP contribution in [-0.2, 0) is 32.2 Å². The fraction of sp³-hybridized carbons (Fsp3) is 0.519. The molecule has 3 aliphatic rings. The quantitative estimate of drug-likeness (QED) is 0.475. The second-order valence-corrected chi connectivity index (χ2v) is 10.4. The largest absolute Gasteiger partial charge is 0.416 e. The lowest BCUT2D eigenvalue weighted by molar-refractivity contribution is -0.190. The minimum Gasteiger partial charge on any atom is -0.377 e. The van der Waals surface area contributed by atoms with Crippen molar-refractivity contribution in [2.24, 2.45) is 0 Å². The molecule has 0 saturated carbocycles. The molecule has 5 nitrogen and oxygen atoms in total. The summed E-state index contributed by atoms with van der Waals surface area (Å²) in [5, 5.41) is 0. The van der Waals surface area contributed by atoms with Gasteiger partial charge in [-0.25, -0.2) is 0 Å². The minimum absolute atomic E-state index is 0.0139. The van der Waals surface area contributed by atoms with Crippen LogP contribution >= 0.6 is 0 Å². The van der Waals surface area contributed by atoms with Gasteiger partial charge in [0.25, 0.3) is 0 Å². The summed E-state index contributed by atoms with van der Waals surface area (Å²) >= 11 is 0. The third-order valence-corrected chi connectivity index (χ3v) is 8.09. The molecule has 3 saturated heterocycles. The first kappa shape index (κ1) is 27.0. The van der Waals surface area contributed by atoms with Crippen LogP contribution in [0.25, 0.3) is 0 Å². The Morgan fingerprint density at radius 1 is 1.00 bits per heavy atom. The Labute approximate surface area is 216 Å². The first-order valence-corrected chi connectivity index (χ1v) is 12.4. The molecule has 1 spiro atoms. The number of carbonyl (C=O) groups is 1. The topological polar surface area (TPSA) is 42.0 Å². The Bertz CT molecular complexity index is 1160. The highest BCUT2D eigenvalue weighted by Gasteiger charge is 2.57. The third kappa shape index (κ3) is 4.80. The number of piperazine rings is 1. The summed E-state index contributed by atoms with van der Waals surface area (Å²) in [5.74, 6) is -0.0275. The highest BCUT2D eigenvalue weighted by atomic mass is 19.4. The van der Waals surface area contributed by atoms with Crippen molar-refractivity contribution in [1.29, 1.82) is 0 Å². The molecule has 0 aliphatic carbocycles. The van der Waals surface area contributed by atoms with Crippen molar-refractivity contribution in [1.82, 2.24) is 9.80 Å². The van der Waals surface area contributed by atoms with Gasteiger partial charge in [-0.2, -0.15) is 26.3 Å². The second kappa shape index (κ2) is 9.53. The third-order valence-electron chi connectivity index (χ3n) is 8.09. The summed E-state index contributed by atoms with van der Waals surface area (Å²) in [4.78, 5) is 17.1. The van der Waals surface area contributed by atoms with E-state index in [4.69, 9.17) is 9.47 Å². The Morgan fingerprint density at radius 3 is 2.29 bits per heavy atom. The molecule has 206 valence electrons. The van der Waals surface area contributed by atoms with Crippen molar-refractivity contribution in [3.63, 3.8) is 0 Å². The molecule has 38 heavy (non-hydrogen) atoms. The molecule has 0 aromatic heterocycles. The Hall–Kier alpha value is -2.63. The van der Waals surface area contributed by atoms with Gasteiger partial charge in [-0.1, -0.05) is 30.3 Å². The molecule has 4 atom stereocenters. The molecule has 3 fully saturated rings. The van der Waals surface area contributed by atoms with Crippen molar-refractivity contribution in [2.45, 2.75) is 49.3 Å². The average Bonchev–Trinajstić information content (AvgIpc) is 2.87. The van der Waals surface area contributed by atoms with Gasteiger partial charge >= 0.3 is 12.4 Å². The molecule has 0 radical (unpaired) electrons. The van der Waals surface area contributed by atoms with Crippen LogP contribution in [-0.4, -0.2) is 60.7 Å². The second-order valence-electron chi connectivity index (χ2n) is 10.4. The molecular weight excluding hydrogens is 514 g/mol. The number of alkyl halides is 6. The first-order valence-electron chi connectivity index (χ1n) is 12.4. The molecule has 2 aromatic rings. The van der Waals surface area contributed by atoms with Crippen molar-refractivity contribution >= 4 is 5.91 Å². The molecular formula is C27H28F6N2O3. The van der Waals surface area contributed by atoms with E-state index in [2.05, 4.69) is 0 Å². The van der Waals surface area contributed by atoms with Crippen LogP contribution in [0.3, 0.4) is 0 Å². The number of carbonyl (C=O) groups excluding carboxylic acids is 1. The number of fused-ring (bicyclic) bond motifs is 1. The Balaban J connectivity index is 1.46. The zero-order valence-corrected chi connectivity index (χ0v) is 20.7. The SMILES string of the molecule is C[C@@H](OC[C@@]1(c2ccccc2)CC[C@@]23COCCN2C(=O)CN1C3)c1cc(C(F)(F)F)cc(C(F)(F)F)c1. The lowest BCUT2D eigenvalue weighted by Gasteiger charge is -2.61. The zero-order chi connectivity index (χ0) is 27.3. The van der Waals surface area contributed by atoms with Crippen LogP contribution in [0.4, 0.5) is 26.3 Å². The van der Waals surface area contributed by atoms with Gasteiger partial charge in [-0.15, -0.1) is 0 Å². The number of rotatable bonds is 5. The maximum atomic E-state index is 13.4. The minimum atomic E-state index is -4.94. The summed E-state index contributed by atoms with van der Waals surface area (Å²) in [6, 6.07) is 10.9. The van der Waals surface area contributed by atoms with Gasteiger partial charge in [-0.05, 0) is 49.1 Å².